The van der Waals surface area contributed by atoms with Gasteiger partial charge in [-0.1, -0.05) is 17.7 Å². The summed E-state index contributed by atoms with van der Waals surface area (Å²) in [5.74, 6) is -0.528. The largest absolute Gasteiger partial charge is 0.496 e. The number of alkyl halides is 1. The minimum atomic E-state index is -1.46. The molecule has 0 saturated carbocycles. The zero-order valence-electron chi connectivity index (χ0n) is 17.2. The molecule has 2 aliphatic heterocycles. The van der Waals surface area contributed by atoms with Gasteiger partial charge in [-0.2, -0.15) is 0 Å². The fourth-order valence-electron chi connectivity index (χ4n) is 4.16. The molecule has 1 aromatic rings. The Morgan fingerprint density at radius 1 is 1.23 bits per heavy atom. The first-order valence-electron chi connectivity index (χ1n) is 10.6. The van der Waals surface area contributed by atoms with Crippen LogP contribution >= 0.6 is 11.6 Å². The van der Waals surface area contributed by atoms with Gasteiger partial charge in [-0.3, -0.25) is 9.59 Å². The monoisotopic (exact) mass is 445 g/mol. The van der Waals surface area contributed by atoms with Crippen molar-refractivity contribution in [2.45, 2.75) is 24.3 Å². The molecule has 0 bridgehead atoms. The highest BCUT2D eigenvalue weighted by molar-refractivity contribution is 6.39. The highest BCUT2D eigenvalue weighted by Crippen LogP contribution is 2.33. The molecule has 1 fully saturated rings. The van der Waals surface area contributed by atoms with Gasteiger partial charge in [-0.05, 0) is 68.8 Å². The number of piperidine rings is 1. The topological polar surface area (TPSA) is 55.8 Å². The SMILES string of the molecule is O=C(c1ccc(F)cc1)C1CCN(CCCOC2(Cl)C=CC3=C(C=COC3)C2=O)CC1. The quantitative estimate of drug-likeness (QED) is 0.360. The Morgan fingerprint density at radius 2 is 1.97 bits per heavy atom. The fraction of sp³-hybridized carbons (Fsp3) is 0.417. The number of carbonyl (C=O) groups is 2. The predicted octanol–water partition coefficient (Wildman–Crippen LogP) is 4.04. The summed E-state index contributed by atoms with van der Waals surface area (Å²) in [6.45, 7) is 3.18. The van der Waals surface area contributed by atoms with Gasteiger partial charge in [0.15, 0.2) is 5.78 Å². The van der Waals surface area contributed by atoms with Gasteiger partial charge in [-0.15, -0.1) is 0 Å². The van der Waals surface area contributed by atoms with Crippen molar-refractivity contribution >= 4 is 23.2 Å². The van der Waals surface area contributed by atoms with Crippen molar-refractivity contribution in [3.05, 3.63) is 71.3 Å². The van der Waals surface area contributed by atoms with Gasteiger partial charge >= 0.3 is 0 Å². The maximum absolute atomic E-state index is 13.1. The van der Waals surface area contributed by atoms with E-state index >= 15 is 0 Å². The number of Topliss-reactive ketones (excluding diaryl/α,β-unsaturated/α-hetero) is 2. The molecular weight excluding hydrogens is 421 g/mol. The van der Waals surface area contributed by atoms with Gasteiger partial charge in [0, 0.05) is 29.2 Å². The lowest BCUT2D eigenvalue weighted by Gasteiger charge is -2.32. The van der Waals surface area contributed by atoms with Gasteiger partial charge in [-0.25, -0.2) is 4.39 Å². The second-order valence-corrected chi connectivity index (χ2v) is 8.61. The van der Waals surface area contributed by atoms with Gasteiger partial charge in [0.2, 0.25) is 10.8 Å². The number of halogens is 2. The predicted molar refractivity (Wildman–Crippen MR) is 115 cm³/mol. The van der Waals surface area contributed by atoms with Crippen molar-refractivity contribution in [1.29, 1.82) is 0 Å². The number of nitrogens with zero attached hydrogens (tertiary/aromatic N) is 1. The number of rotatable bonds is 7. The molecule has 3 aliphatic rings. The molecule has 0 amide bonds. The molecule has 1 aliphatic carbocycles. The molecule has 1 atom stereocenters. The molecule has 4 rings (SSSR count). The number of ketones is 2. The summed E-state index contributed by atoms with van der Waals surface area (Å²) in [5, 5.41) is -1.46. The molecule has 0 spiro atoms. The molecule has 31 heavy (non-hydrogen) atoms. The number of benzene rings is 1. The molecule has 1 aromatic carbocycles. The lowest BCUT2D eigenvalue weighted by atomic mass is 9.89. The molecule has 0 N–H and O–H groups in total. The van der Waals surface area contributed by atoms with E-state index in [9.17, 15) is 14.0 Å². The Labute approximate surface area is 186 Å². The highest BCUT2D eigenvalue weighted by Gasteiger charge is 2.40. The van der Waals surface area contributed by atoms with Gasteiger partial charge < -0.3 is 14.4 Å². The first kappa shape index (κ1) is 21.9. The van der Waals surface area contributed by atoms with Crippen molar-refractivity contribution in [3.8, 4) is 0 Å². The van der Waals surface area contributed by atoms with Crippen molar-refractivity contribution in [3.63, 3.8) is 0 Å². The maximum Gasteiger partial charge on any atom is 0.224 e. The average molecular weight is 446 g/mol. The molecule has 164 valence electrons. The number of ether oxygens (including phenoxy) is 2. The van der Waals surface area contributed by atoms with Crippen LogP contribution in [0.15, 0.2) is 59.9 Å². The van der Waals surface area contributed by atoms with E-state index in [0.717, 1.165) is 44.5 Å². The van der Waals surface area contributed by atoms with E-state index in [0.29, 0.717) is 24.4 Å². The zero-order chi connectivity index (χ0) is 21.8. The minimum Gasteiger partial charge on any atom is -0.496 e. The summed E-state index contributed by atoms with van der Waals surface area (Å²) < 4.78 is 24.0. The third-order valence-electron chi connectivity index (χ3n) is 5.99. The summed E-state index contributed by atoms with van der Waals surface area (Å²) in [6, 6.07) is 5.76. The molecule has 7 heteroatoms. The molecular formula is C24H25ClFNO4. The Hall–Kier alpha value is -2.28. The molecule has 0 aromatic heterocycles. The Balaban J connectivity index is 1.19. The van der Waals surface area contributed by atoms with E-state index in [1.165, 1.54) is 18.4 Å². The second kappa shape index (κ2) is 9.47. The van der Waals surface area contributed by atoms with Gasteiger partial charge in [0.25, 0.3) is 0 Å². The van der Waals surface area contributed by atoms with Gasteiger partial charge in [0.1, 0.15) is 12.4 Å². The number of allylic oxidation sites excluding steroid dienone is 1. The van der Waals surface area contributed by atoms with E-state index in [2.05, 4.69) is 4.90 Å². The van der Waals surface area contributed by atoms with Gasteiger partial charge in [0.05, 0.1) is 12.9 Å². The van der Waals surface area contributed by atoms with Crippen LogP contribution in [0.25, 0.3) is 0 Å². The van der Waals surface area contributed by atoms with Crippen LogP contribution in [0.4, 0.5) is 4.39 Å². The molecule has 0 radical (unpaired) electrons. The second-order valence-electron chi connectivity index (χ2n) is 8.05. The van der Waals surface area contributed by atoms with Crippen molar-refractivity contribution in [1.82, 2.24) is 4.90 Å². The highest BCUT2D eigenvalue weighted by atomic mass is 35.5. The van der Waals surface area contributed by atoms with Crippen LogP contribution in [0.3, 0.4) is 0 Å². The summed E-state index contributed by atoms with van der Waals surface area (Å²) in [7, 11) is 0. The number of hydrogen-bond donors (Lipinski definition) is 0. The van der Waals surface area contributed by atoms with Crippen LogP contribution < -0.4 is 0 Å². The van der Waals surface area contributed by atoms with Crippen LogP contribution in [-0.4, -0.2) is 54.4 Å². The smallest absolute Gasteiger partial charge is 0.224 e. The summed E-state index contributed by atoms with van der Waals surface area (Å²) in [6.07, 6.45) is 8.80. The van der Waals surface area contributed by atoms with E-state index in [-0.39, 0.29) is 23.3 Å². The zero-order valence-corrected chi connectivity index (χ0v) is 17.9. The first-order valence-corrected chi connectivity index (χ1v) is 10.9. The van der Waals surface area contributed by atoms with Crippen LogP contribution in [0, 0.1) is 11.7 Å². The standard InChI is InChI=1S/C24H25ClFNO4/c25-24(10-6-19-16-30-15-9-21(19)23(24)29)31-14-1-11-27-12-7-18(8-13-27)22(28)17-2-4-20(26)5-3-17/h2-6,9-10,15,18H,1,7-8,11-14,16H2. The van der Waals surface area contributed by atoms with Crippen LogP contribution in [0.1, 0.15) is 29.6 Å². The Kier molecular flexibility index (Phi) is 6.70. The molecule has 2 heterocycles. The van der Waals surface area contributed by atoms with Crippen molar-refractivity contribution in [2.24, 2.45) is 5.92 Å². The molecule has 1 unspecified atom stereocenters. The number of hydrogen-bond acceptors (Lipinski definition) is 5. The van der Waals surface area contributed by atoms with Crippen LogP contribution in [0.5, 0.6) is 0 Å². The van der Waals surface area contributed by atoms with E-state index in [1.807, 2.05) is 0 Å². The van der Waals surface area contributed by atoms with Crippen LogP contribution in [-0.2, 0) is 14.3 Å². The number of likely N-dealkylation sites (tertiary alicyclic amines) is 1. The van der Waals surface area contributed by atoms with Crippen molar-refractivity contribution in [2.75, 3.05) is 32.8 Å². The average Bonchev–Trinajstić information content (AvgIpc) is 2.80. The Morgan fingerprint density at radius 3 is 2.71 bits per heavy atom. The Bertz CT molecular complexity index is 931. The first-order chi connectivity index (χ1) is 15.0. The summed E-state index contributed by atoms with van der Waals surface area (Å²) >= 11 is 6.45. The van der Waals surface area contributed by atoms with E-state index in [4.69, 9.17) is 21.1 Å². The van der Waals surface area contributed by atoms with E-state index < -0.39 is 5.06 Å². The minimum absolute atomic E-state index is 0.0240. The van der Waals surface area contributed by atoms with Crippen molar-refractivity contribution < 1.29 is 23.5 Å². The van der Waals surface area contributed by atoms with E-state index in [1.54, 1.807) is 30.4 Å². The lowest BCUT2D eigenvalue weighted by Crippen LogP contribution is -2.39. The maximum atomic E-state index is 13.1. The summed E-state index contributed by atoms with van der Waals surface area (Å²) in [4.78, 5) is 27.6. The normalized spacial score (nSPS) is 24.3. The fourth-order valence-corrected chi connectivity index (χ4v) is 4.40. The third-order valence-corrected chi connectivity index (χ3v) is 6.39. The summed E-state index contributed by atoms with van der Waals surface area (Å²) in [5.41, 5.74) is 1.92. The molecule has 5 nitrogen and oxygen atoms in total. The number of carbonyl (C=O) groups excluding carboxylic acids is 2. The molecule has 1 saturated heterocycles. The van der Waals surface area contributed by atoms with Crippen LogP contribution in [0.2, 0.25) is 0 Å². The third kappa shape index (κ3) is 4.97. The lowest BCUT2D eigenvalue weighted by molar-refractivity contribution is -0.127.